The van der Waals surface area contributed by atoms with Crippen LogP contribution in [-0.4, -0.2) is 43.3 Å². The molecular weight excluding hydrogens is 326 g/mol. The SMILES string of the molecule is CNc1c(Cl)ncnc1NC1CCCN(c2cccc(OC)c2)C1. The lowest BCUT2D eigenvalue weighted by atomic mass is 10.0. The van der Waals surface area contributed by atoms with Crippen LogP contribution in [0.15, 0.2) is 30.6 Å². The highest BCUT2D eigenvalue weighted by atomic mass is 35.5. The molecule has 6 nitrogen and oxygen atoms in total. The number of anilines is 3. The van der Waals surface area contributed by atoms with Crippen LogP contribution in [0.4, 0.5) is 17.2 Å². The van der Waals surface area contributed by atoms with E-state index in [1.54, 1.807) is 7.11 Å². The van der Waals surface area contributed by atoms with Gasteiger partial charge < -0.3 is 20.3 Å². The Kier molecular flexibility index (Phi) is 5.25. The van der Waals surface area contributed by atoms with Gasteiger partial charge in [-0.15, -0.1) is 0 Å². The predicted octanol–water partition coefficient (Wildman–Crippen LogP) is 3.26. The maximum Gasteiger partial charge on any atom is 0.157 e. The van der Waals surface area contributed by atoms with Crippen molar-refractivity contribution in [1.82, 2.24) is 9.97 Å². The summed E-state index contributed by atoms with van der Waals surface area (Å²) in [5.74, 6) is 1.62. The molecule has 3 rings (SSSR count). The van der Waals surface area contributed by atoms with E-state index in [1.807, 2.05) is 19.2 Å². The van der Waals surface area contributed by atoms with Crippen molar-refractivity contribution in [2.45, 2.75) is 18.9 Å². The zero-order valence-electron chi connectivity index (χ0n) is 13.9. The van der Waals surface area contributed by atoms with Gasteiger partial charge in [0.05, 0.1) is 7.11 Å². The van der Waals surface area contributed by atoms with Crippen LogP contribution < -0.4 is 20.3 Å². The number of rotatable bonds is 5. The molecule has 0 amide bonds. The fourth-order valence-corrected chi connectivity index (χ4v) is 3.25. The fraction of sp³-hybridized carbons (Fsp3) is 0.412. The fourth-order valence-electron chi connectivity index (χ4n) is 3.03. The van der Waals surface area contributed by atoms with Crippen LogP contribution in [0.5, 0.6) is 5.75 Å². The molecule has 2 aromatic rings. The number of halogens is 1. The molecule has 0 radical (unpaired) electrons. The van der Waals surface area contributed by atoms with Gasteiger partial charge in [0.1, 0.15) is 17.8 Å². The van der Waals surface area contributed by atoms with E-state index < -0.39 is 0 Å². The Hall–Kier alpha value is -2.21. The standard InChI is InChI=1S/C17H22ClN5O/c1-19-15-16(18)20-11-21-17(15)22-12-5-4-8-23(10-12)13-6-3-7-14(9-13)24-2/h3,6-7,9,11-12,19H,4-5,8,10H2,1-2H3,(H,20,21,22). The van der Waals surface area contributed by atoms with Gasteiger partial charge in [-0.1, -0.05) is 17.7 Å². The summed E-state index contributed by atoms with van der Waals surface area (Å²) in [5, 5.41) is 6.99. The number of hydrogen-bond acceptors (Lipinski definition) is 6. The highest BCUT2D eigenvalue weighted by Crippen LogP contribution is 2.29. The molecule has 128 valence electrons. The van der Waals surface area contributed by atoms with Crippen LogP contribution in [0, 0.1) is 0 Å². The summed E-state index contributed by atoms with van der Waals surface area (Å²) in [6, 6.07) is 8.47. The van der Waals surface area contributed by atoms with Crippen molar-refractivity contribution in [2.24, 2.45) is 0 Å². The number of piperidine rings is 1. The van der Waals surface area contributed by atoms with E-state index in [4.69, 9.17) is 16.3 Å². The summed E-state index contributed by atoms with van der Waals surface area (Å²) in [7, 11) is 3.51. The van der Waals surface area contributed by atoms with Gasteiger partial charge in [0.25, 0.3) is 0 Å². The van der Waals surface area contributed by atoms with Gasteiger partial charge in [0, 0.05) is 37.9 Å². The second-order valence-corrected chi connectivity index (χ2v) is 6.13. The smallest absolute Gasteiger partial charge is 0.157 e. The van der Waals surface area contributed by atoms with E-state index in [2.05, 4.69) is 37.6 Å². The number of ether oxygens (including phenoxy) is 1. The molecule has 2 heterocycles. The third-order valence-corrected chi connectivity index (χ3v) is 4.52. The Morgan fingerprint density at radius 3 is 3.00 bits per heavy atom. The number of nitrogens with one attached hydrogen (secondary N) is 2. The second-order valence-electron chi connectivity index (χ2n) is 5.77. The molecule has 0 bridgehead atoms. The largest absolute Gasteiger partial charge is 0.497 e. The third-order valence-electron chi connectivity index (χ3n) is 4.23. The minimum Gasteiger partial charge on any atom is -0.497 e. The average molecular weight is 348 g/mol. The number of aromatic nitrogens is 2. The highest BCUT2D eigenvalue weighted by molar-refractivity contribution is 6.32. The number of nitrogens with zero attached hydrogens (tertiary/aromatic N) is 3. The molecule has 1 aromatic heterocycles. The van der Waals surface area contributed by atoms with Crippen molar-refractivity contribution >= 4 is 28.8 Å². The van der Waals surface area contributed by atoms with Crippen LogP contribution >= 0.6 is 11.6 Å². The van der Waals surface area contributed by atoms with E-state index in [1.165, 1.54) is 12.0 Å². The molecule has 24 heavy (non-hydrogen) atoms. The van der Waals surface area contributed by atoms with Gasteiger partial charge in [-0.2, -0.15) is 0 Å². The van der Waals surface area contributed by atoms with Crippen molar-refractivity contribution in [3.8, 4) is 5.75 Å². The van der Waals surface area contributed by atoms with E-state index in [-0.39, 0.29) is 0 Å². The molecular formula is C17H22ClN5O. The van der Waals surface area contributed by atoms with Gasteiger partial charge in [0.15, 0.2) is 11.0 Å². The van der Waals surface area contributed by atoms with E-state index in [0.29, 0.717) is 11.2 Å². The first kappa shape index (κ1) is 16.6. The molecule has 1 fully saturated rings. The maximum absolute atomic E-state index is 6.13. The number of hydrogen-bond donors (Lipinski definition) is 2. The quantitative estimate of drug-likeness (QED) is 0.809. The Labute approximate surface area is 147 Å². The zero-order valence-corrected chi connectivity index (χ0v) is 14.7. The van der Waals surface area contributed by atoms with Crippen molar-refractivity contribution in [3.05, 3.63) is 35.7 Å². The molecule has 1 unspecified atom stereocenters. The summed E-state index contributed by atoms with van der Waals surface area (Å²) >= 11 is 6.13. The first-order chi connectivity index (χ1) is 11.7. The molecule has 0 aliphatic carbocycles. The van der Waals surface area contributed by atoms with E-state index in [0.717, 1.165) is 43.2 Å². The minimum atomic E-state index is 0.294. The van der Waals surface area contributed by atoms with E-state index in [9.17, 15) is 0 Å². The van der Waals surface area contributed by atoms with Gasteiger partial charge in [0.2, 0.25) is 0 Å². The van der Waals surface area contributed by atoms with Gasteiger partial charge in [-0.3, -0.25) is 0 Å². The van der Waals surface area contributed by atoms with Crippen molar-refractivity contribution in [1.29, 1.82) is 0 Å². The molecule has 1 aromatic carbocycles. The lowest BCUT2D eigenvalue weighted by molar-refractivity contribution is 0.414. The maximum atomic E-state index is 6.13. The Morgan fingerprint density at radius 2 is 2.21 bits per heavy atom. The molecule has 7 heteroatoms. The molecule has 1 atom stereocenters. The Morgan fingerprint density at radius 1 is 1.33 bits per heavy atom. The van der Waals surface area contributed by atoms with Crippen LogP contribution in [0.25, 0.3) is 0 Å². The summed E-state index contributed by atoms with van der Waals surface area (Å²) in [6.45, 7) is 1.94. The summed E-state index contributed by atoms with van der Waals surface area (Å²) in [5.41, 5.74) is 1.91. The van der Waals surface area contributed by atoms with Gasteiger partial charge in [-0.25, -0.2) is 9.97 Å². The minimum absolute atomic E-state index is 0.294. The number of benzene rings is 1. The first-order valence-corrected chi connectivity index (χ1v) is 8.43. The molecule has 0 spiro atoms. The topological polar surface area (TPSA) is 62.3 Å². The molecule has 1 aliphatic heterocycles. The van der Waals surface area contributed by atoms with Crippen LogP contribution in [-0.2, 0) is 0 Å². The van der Waals surface area contributed by atoms with Crippen molar-refractivity contribution < 1.29 is 4.74 Å². The molecule has 1 aliphatic rings. The Bertz CT molecular complexity index is 696. The van der Waals surface area contributed by atoms with E-state index >= 15 is 0 Å². The number of methoxy groups -OCH3 is 1. The van der Waals surface area contributed by atoms with Crippen LogP contribution in [0.1, 0.15) is 12.8 Å². The second kappa shape index (κ2) is 7.57. The van der Waals surface area contributed by atoms with Crippen molar-refractivity contribution in [3.63, 3.8) is 0 Å². The third kappa shape index (κ3) is 3.64. The molecule has 2 N–H and O–H groups in total. The summed E-state index contributed by atoms with van der Waals surface area (Å²) < 4.78 is 5.33. The highest BCUT2D eigenvalue weighted by Gasteiger charge is 2.22. The predicted molar refractivity (Wildman–Crippen MR) is 98.4 cm³/mol. The molecule has 1 saturated heterocycles. The lowest BCUT2D eigenvalue weighted by Crippen LogP contribution is -2.42. The summed E-state index contributed by atoms with van der Waals surface area (Å²) in [6.07, 6.45) is 3.68. The average Bonchev–Trinajstić information content (AvgIpc) is 2.62. The zero-order chi connectivity index (χ0) is 16.9. The Balaban J connectivity index is 1.73. The van der Waals surface area contributed by atoms with Gasteiger partial charge >= 0.3 is 0 Å². The first-order valence-electron chi connectivity index (χ1n) is 8.05. The van der Waals surface area contributed by atoms with Gasteiger partial charge in [-0.05, 0) is 25.0 Å². The van der Waals surface area contributed by atoms with Crippen molar-refractivity contribution in [2.75, 3.05) is 42.8 Å². The van der Waals surface area contributed by atoms with Crippen LogP contribution in [0.2, 0.25) is 5.15 Å². The molecule has 0 saturated carbocycles. The van der Waals surface area contributed by atoms with Crippen LogP contribution in [0.3, 0.4) is 0 Å². The lowest BCUT2D eigenvalue weighted by Gasteiger charge is -2.35. The summed E-state index contributed by atoms with van der Waals surface area (Å²) in [4.78, 5) is 10.7. The monoisotopic (exact) mass is 347 g/mol. The normalized spacial score (nSPS) is 17.5.